The van der Waals surface area contributed by atoms with E-state index in [0.717, 1.165) is 11.6 Å². The molecule has 0 aliphatic heterocycles. The van der Waals surface area contributed by atoms with Gasteiger partial charge in [-0.05, 0) is 36.8 Å². The third kappa shape index (κ3) is 6.08. The zero-order valence-electron chi connectivity index (χ0n) is 13.6. The van der Waals surface area contributed by atoms with Gasteiger partial charge in [0.25, 0.3) is 5.91 Å². The molecule has 0 aromatic heterocycles. The summed E-state index contributed by atoms with van der Waals surface area (Å²) in [7, 11) is 0. The monoisotopic (exact) mass is 365 g/mol. The van der Waals surface area contributed by atoms with Crippen molar-refractivity contribution >= 4 is 29.2 Å². The molecule has 1 amide bonds. The smallest absolute Gasteiger partial charge is 0.309 e. The number of aryl methyl sites for hydroxylation is 1. The van der Waals surface area contributed by atoms with Crippen LogP contribution in [0.1, 0.15) is 12.0 Å². The fourth-order valence-electron chi connectivity index (χ4n) is 1.96. The van der Waals surface area contributed by atoms with Crippen LogP contribution in [0.3, 0.4) is 0 Å². The molecule has 2 aromatic rings. The van der Waals surface area contributed by atoms with E-state index in [2.05, 4.69) is 5.32 Å². The van der Waals surface area contributed by atoms with Gasteiger partial charge in [-0.25, -0.2) is 4.39 Å². The molecule has 0 unspecified atom stereocenters. The number of nitrogens with one attached hydrogen (secondary N) is 1. The number of esters is 1. The minimum absolute atomic E-state index is 0.00681. The molecule has 0 spiro atoms. The Morgan fingerprint density at radius 3 is 2.72 bits per heavy atom. The van der Waals surface area contributed by atoms with Gasteiger partial charge in [0.1, 0.15) is 11.6 Å². The Morgan fingerprint density at radius 2 is 1.96 bits per heavy atom. The lowest BCUT2D eigenvalue weighted by molar-refractivity contribution is -0.147. The lowest BCUT2D eigenvalue weighted by Crippen LogP contribution is -2.22. The van der Waals surface area contributed by atoms with Crippen molar-refractivity contribution in [3.05, 3.63) is 58.9 Å². The Labute approximate surface area is 149 Å². The van der Waals surface area contributed by atoms with Gasteiger partial charge in [-0.15, -0.1) is 0 Å². The molecule has 0 fully saturated rings. The van der Waals surface area contributed by atoms with Crippen molar-refractivity contribution < 1.29 is 23.5 Å². The minimum Gasteiger partial charge on any atom is -0.493 e. The summed E-state index contributed by atoms with van der Waals surface area (Å²) < 4.78 is 23.8. The topological polar surface area (TPSA) is 64.6 Å². The van der Waals surface area contributed by atoms with Gasteiger partial charge >= 0.3 is 5.97 Å². The number of ether oxygens (including phenoxy) is 2. The molecule has 0 aliphatic rings. The SMILES string of the molecule is Cc1ccccc1OCCC(=O)OCC(=O)Nc1cc(Cl)ccc1F. The number of carbonyl (C=O) groups is 2. The number of rotatable bonds is 7. The fraction of sp³-hybridized carbons (Fsp3) is 0.222. The summed E-state index contributed by atoms with van der Waals surface area (Å²) in [6.45, 7) is 1.51. The quantitative estimate of drug-likeness (QED) is 0.759. The lowest BCUT2D eigenvalue weighted by atomic mass is 10.2. The molecular formula is C18H17ClFNO4. The van der Waals surface area contributed by atoms with Crippen LogP contribution >= 0.6 is 11.6 Å². The van der Waals surface area contributed by atoms with Crippen molar-refractivity contribution in [2.45, 2.75) is 13.3 Å². The minimum atomic E-state index is -0.658. The van der Waals surface area contributed by atoms with Crippen LogP contribution in [0.2, 0.25) is 5.02 Å². The van der Waals surface area contributed by atoms with Gasteiger partial charge in [0.05, 0.1) is 18.7 Å². The van der Waals surface area contributed by atoms with E-state index in [1.54, 1.807) is 6.07 Å². The zero-order valence-corrected chi connectivity index (χ0v) is 14.3. The van der Waals surface area contributed by atoms with Crippen LogP contribution in [0.25, 0.3) is 0 Å². The second-order valence-electron chi connectivity index (χ2n) is 5.20. The molecule has 5 nitrogen and oxygen atoms in total. The maximum atomic E-state index is 13.5. The average Bonchev–Trinajstić information content (AvgIpc) is 2.58. The second-order valence-corrected chi connectivity index (χ2v) is 5.63. The van der Waals surface area contributed by atoms with E-state index >= 15 is 0 Å². The molecule has 0 aliphatic carbocycles. The van der Waals surface area contributed by atoms with E-state index in [1.807, 2.05) is 25.1 Å². The number of para-hydroxylation sites is 1. The Bertz CT molecular complexity index is 766. The molecule has 1 N–H and O–H groups in total. The Kier molecular flexibility index (Phi) is 6.77. The molecule has 132 valence electrons. The van der Waals surface area contributed by atoms with Crippen molar-refractivity contribution in [3.8, 4) is 5.75 Å². The average molecular weight is 366 g/mol. The Morgan fingerprint density at radius 1 is 1.20 bits per heavy atom. The van der Waals surface area contributed by atoms with Crippen LogP contribution < -0.4 is 10.1 Å². The maximum Gasteiger partial charge on any atom is 0.309 e. The third-order valence-corrected chi connectivity index (χ3v) is 3.46. The van der Waals surface area contributed by atoms with E-state index in [1.165, 1.54) is 12.1 Å². The third-order valence-electron chi connectivity index (χ3n) is 3.22. The van der Waals surface area contributed by atoms with E-state index < -0.39 is 24.3 Å². The van der Waals surface area contributed by atoms with Crippen LogP contribution in [0, 0.1) is 12.7 Å². The van der Waals surface area contributed by atoms with Gasteiger partial charge in [0.15, 0.2) is 6.61 Å². The fourth-order valence-corrected chi connectivity index (χ4v) is 2.13. The lowest BCUT2D eigenvalue weighted by Gasteiger charge is -2.09. The normalized spacial score (nSPS) is 10.2. The molecule has 7 heteroatoms. The highest BCUT2D eigenvalue weighted by Gasteiger charge is 2.11. The molecule has 0 bridgehead atoms. The number of halogens is 2. The summed E-state index contributed by atoms with van der Waals surface area (Å²) >= 11 is 5.73. The number of anilines is 1. The highest BCUT2D eigenvalue weighted by Crippen LogP contribution is 2.19. The summed E-state index contributed by atoms with van der Waals surface area (Å²) in [6, 6.07) is 11.2. The van der Waals surface area contributed by atoms with Crippen LogP contribution in [0.4, 0.5) is 10.1 Å². The molecule has 0 radical (unpaired) electrons. The highest BCUT2D eigenvalue weighted by molar-refractivity contribution is 6.30. The van der Waals surface area contributed by atoms with Crippen molar-refractivity contribution in [1.82, 2.24) is 0 Å². The second kappa shape index (κ2) is 9.03. The summed E-state index contributed by atoms with van der Waals surface area (Å²) in [6.07, 6.45) is -0.00681. The Balaban J connectivity index is 1.71. The van der Waals surface area contributed by atoms with Gasteiger partial charge in [0, 0.05) is 5.02 Å². The summed E-state index contributed by atoms with van der Waals surface area (Å²) in [5.74, 6) is -1.19. The predicted octanol–water partition coefficient (Wildman–Crippen LogP) is 3.74. The highest BCUT2D eigenvalue weighted by atomic mass is 35.5. The first kappa shape index (κ1) is 18.7. The molecule has 0 saturated carbocycles. The van der Waals surface area contributed by atoms with Crippen molar-refractivity contribution in [1.29, 1.82) is 0 Å². The molecule has 0 atom stereocenters. The number of carbonyl (C=O) groups excluding carboxylic acids is 2. The van der Waals surface area contributed by atoms with Crippen molar-refractivity contribution in [3.63, 3.8) is 0 Å². The van der Waals surface area contributed by atoms with Gasteiger partial charge in [-0.2, -0.15) is 0 Å². The predicted molar refractivity (Wildman–Crippen MR) is 92.3 cm³/mol. The molecule has 2 rings (SSSR count). The van der Waals surface area contributed by atoms with Crippen molar-refractivity contribution in [2.24, 2.45) is 0 Å². The van der Waals surface area contributed by atoms with Gasteiger partial charge in [-0.3, -0.25) is 9.59 Å². The Hall–Kier alpha value is -2.60. The van der Waals surface area contributed by atoms with E-state index in [4.69, 9.17) is 21.1 Å². The van der Waals surface area contributed by atoms with Gasteiger partial charge < -0.3 is 14.8 Å². The first-order valence-corrected chi connectivity index (χ1v) is 7.92. The van der Waals surface area contributed by atoms with Crippen molar-refractivity contribution in [2.75, 3.05) is 18.5 Å². The van der Waals surface area contributed by atoms with E-state index in [-0.39, 0.29) is 23.7 Å². The molecular weight excluding hydrogens is 349 g/mol. The van der Waals surface area contributed by atoms with Crippen LogP contribution in [-0.4, -0.2) is 25.1 Å². The molecule has 2 aromatic carbocycles. The molecule has 0 heterocycles. The molecule has 0 saturated heterocycles. The number of benzene rings is 2. The van der Waals surface area contributed by atoms with E-state index in [9.17, 15) is 14.0 Å². The van der Waals surface area contributed by atoms with Gasteiger partial charge in [0.2, 0.25) is 0 Å². The summed E-state index contributed by atoms with van der Waals surface area (Å²) in [4.78, 5) is 23.3. The van der Waals surface area contributed by atoms with Crippen LogP contribution in [0.15, 0.2) is 42.5 Å². The molecule has 25 heavy (non-hydrogen) atoms. The van der Waals surface area contributed by atoms with Crippen LogP contribution in [0.5, 0.6) is 5.75 Å². The maximum absolute atomic E-state index is 13.5. The van der Waals surface area contributed by atoms with Crippen LogP contribution in [-0.2, 0) is 14.3 Å². The number of hydrogen-bond acceptors (Lipinski definition) is 4. The summed E-state index contributed by atoms with van der Waals surface area (Å²) in [5.41, 5.74) is 0.884. The standard InChI is InChI=1S/C18H17ClFNO4/c1-12-4-2-3-5-16(12)24-9-8-18(23)25-11-17(22)21-15-10-13(19)6-7-14(15)20/h2-7,10H,8-9,11H2,1H3,(H,21,22). The largest absolute Gasteiger partial charge is 0.493 e. The number of amides is 1. The first-order valence-electron chi connectivity index (χ1n) is 7.54. The summed E-state index contributed by atoms with van der Waals surface area (Å²) in [5, 5.41) is 2.57. The van der Waals surface area contributed by atoms with Gasteiger partial charge in [-0.1, -0.05) is 29.8 Å². The van der Waals surface area contributed by atoms with E-state index in [0.29, 0.717) is 5.75 Å². The first-order chi connectivity index (χ1) is 12.0. The number of hydrogen-bond donors (Lipinski definition) is 1. The zero-order chi connectivity index (χ0) is 18.2.